The van der Waals surface area contributed by atoms with E-state index in [9.17, 15) is 19.8 Å². The summed E-state index contributed by atoms with van der Waals surface area (Å²) in [4.78, 5) is 23.7. The van der Waals surface area contributed by atoms with Crippen LogP contribution >= 0.6 is 11.6 Å². The van der Waals surface area contributed by atoms with Crippen LogP contribution in [0, 0.1) is 5.41 Å². The molecular formula is C19H15ClN2O4. The molecule has 2 rings (SSSR count). The summed E-state index contributed by atoms with van der Waals surface area (Å²) >= 11 is 5.79. The Bertz CT molecular complexity index is 935. The normalized spacial score (nSPS) is 10.9. The fourth-order valence-electron chi connectivity index (χ4n) is 2.16. The maximum absolute atomic E-state index is 12.4. The van der Waals surface area contributed by atoms with Crippen molar-refractivity contribution in [2.24, 2.45) is 0 Å². The van der Waals surface area contributed by atoms with E-state index >= 15 is 0 Å². The van der Waals surface area contributed by atoms with Gasteiger partial charge in [0.15, 0.2) is 0 Å². The van der Waals surface area contributed by atoms with Gasteiger partial charge in [0, 0.05) is 16.1 Å². The van der Waals surface area contributed by atoms with Gasteiger partial charge in [-0.15, -0.1) is 0 Å². The Labute approximate surface area is 154 Å². The third-order valence-corrected chi connectivity index (χ3v) is 3.64. The Hall–Kier alpha value is -3.38. The number of carboxylic acid groups (broad SMARTS) is 1. The van der Waals surface area contributed by atoms with Gasteiger partial charge in [-0.1, -0.05) is 36.4 Å². The second-order valence-corrected chi connectivity index (χ2v) is 5.63. The van der Waals surface area contributed by atoms with Crippen LogP contribution in [0.25, 0.3) is 0 Å². The van der Waals surface area contributed by atoms with Crippen molar-refractivity contribution >= 4 is 34.9 Å². The van der Waals surface area contributed by atoms with Gasteiger partial charge in [0.05, 0.1) is 11.3 Å². The van der Waals surface area contributed by atoms with Crippen molar-refractivity contribution in [3.05, 3.63) is 88.7 Å². The Morgan fingerprint density at radius 3 is 2.46 bits per heavy atom. The number of allylic oxidation sites excluding steroid dienone is 3. The Morgan fingerprint density at radius 1 is 1.12 bits per heavy atom. The topological polar surface area (TPSA) is 110 Å². The van der Waals surface area contributed by atoms with E-state index in [1.807, 2.05) is 0 Å². The minimum Gasteiger partial charge on any atom is -0.506 e. The molecule has 0 atom stereocenters. The standard InChI is InChI=1S/C19H15ClN2O4/c1-2-4-16(23)17(21)11-5-3-6-12(9-11)18(24)22-15-8-7-13(20)10-14(15)19(25)26/h2-10,21,23H,1H2,(H,22,24)(H,25,26)/b16-4-,21-17?. The minimum absolute atomic E-state index is 0.0989. The molecule has 0 saturated carbocycles. The zero-order valence-electron chi connectivity index (χ0n) is 13.5. The van der Waals surface area contributed by atoms with E-state index in [-0.39, 0.29) is 33.3 Å². The first kappa shape index (κ1) is 19.0. The van der Waals surface area contributed by atoms with E-state index in [1.165, 1.54) is 42.5 Å². The molecule has 0 aliphatic heterocycles. The number of amides is 1. The third kappa shape index (κ3) is 4.37. The summed E-state index contributed by atoms with van der Waals surface area (Å²) in [6, 6.07) is 10.2. The highest BCUT2D eigenvalue weighted by molar-refractivity contribution is 6.31. The first-order chi connectivity index (χ1) is 12.3. The van der Waals surface area contributed by atoms with Crippen LogP contribution in [-0.2, 0) is 0 Å². The van der Waals surface area contributed by atoms with Crippen LogP contribution in [0.5, 0.6) is 0 Å². The SMILES string of the molecule is C=C/C=C(\O)C(=N)c1cccc(C(=O)Nc2ccc(Cl)cc2C(=O)O)c1. The number of carbonyl (C=O) groups is 2. The number of aliphatic hydroxyl groups excluding tert-OH is 1. The van der Waals surface area contributed by atoms with Crippen LogP contribution in [0.4, 0.5) is 5.69 Å². The lowest BCUT2D eigenvalue weighted by molar-refractivity contribution is 0.0698. The maximum atomic E-state index is 12.4. The summed E-state index contributed by atoms with van der Waals surface area (Å²) in [5.41, 5.74) is 0.313. The second kappa shape index (κ2) is 8.13. The lowest BCUT2D eigenvalue weighted by Gasteiger charge is -2.10. The summed E-state index contributed by atoms with van der Waals surface area (Å²) in [6.07, 6.45) is 2.61. The summed E-state index contributed by atoms with van der Waals surface area (Å²) < 4.78 is 0. The molecule has 1 amide bonds. The molecule has 0 bridgehead atoms. The van der Waals surface area contributed by atoms with Gasteiger partial charge in [-0.25, -0.2) is 4.79 Å². The molecule has 7 heteroatoms. The van der Waals surface area contributed by atoms with Gasteiger partial charge < -0.3 is 15.5 Å². The largest absolute Gasteiger partial charge is 0.506 e. The van der Waals surface area contributed by atoms with Gasteiger partial charge in [0.25, 0.3) is 5.91 Å². The average molecular weight is 371 g/mol. The molecule has 4 N–H and O–H groups in total. The fourth-order valence-corrected chi connectivity index (χ4v) is 2.33. The van der Waals surface area contributed by atoms with E-state index in [0.717, 1.165) is 0 Å². The van der Waals surface area contributed by atoms with Crippen molar-refractivity contribution in [1.29, 1.82) is 5.41 Å². The van der Waals surface area contributed by atoms with Crippen LogP contribution in [0.1, 0.15) is 26.3 Å². The number of hydrogen-bond acceptors (Lipinski definition) is 4. The maximum Gasteiger partial charge on any atom is 0.337 e. The predicted molar refractivity (Wildman–Crippen MR) is 101 cm³/mol. The molecule has 6 nitrogen and oxygen atoms in total. The Kier molecular flexibility index (Phi) is 5.93. The van der Waals surface area contributed by atoms with Gasteiger partial charge >= 0.3 is 5.97 Å². The average Bonchev–Trinajstić information content (AvgIpc) is 2.62. The number of carbonyl (C=O) groups excluding carboxylic acids is 1. The molecule has 0 unspecified atom stereocenters. The molecule has 132 valence electrons. The molecule has 2 aromatic rings. The van der Waals surface area contributed by atoms with E-state index in [1.54, 1.807) is 12.1 Å². The van der Waals surface area contributed by atoms with Gasteiger partial charge in [-0.2, -0.15) is 0 Å². The number of anilines is 1. The van der Waals surface area contributed by atoms with Gasteiger partial charge in [0.2, 0.25) is 0 Å². The van der Waals surface area contributed by atoms with Crippen LogP contribution in [0.3, 0.4) is 0 Å². The molecule has 0 heterocycles. The fraction of sp³-hybridized carbons (Fsp3) is 0. The number of halogens is 1. The Balaban J connectivity index is 2.31. The van der Waals surface area contributed by atoms with Gasteiger partial charge in [-0.3, -0.25) is 10.2 Å². The molecular weight excluding hydrogens is 356 g/mol. The zero-order valence-corrected chi connectivity index (χ0v) is 14.2. The summed E-state index contributed by atoms with van der Waals surface area (Å²) in [6.45, 7) is 3.44. The monoisotopic (exact) mass is 370 g/mol. The van der Waals surface area contributed by atoms with Crippen LogP contribution < -0.4 is 5.32 Å². The Morgan fingerprint density at radius 2 is 1.81 bits per heavy atom. The van der Waals surface area contributed by atoms with E-state index < -0.39 is 11.9 Å². The van der Waals surface area contributed by atoms with Crippen molar-refractivity contribution in [3.63, 3.8) is 0 Å². The number of aliphatic hydroxyl groups is 1. The predicted octanol–water partition coefficient (Wildman–Crippen LogP) is 4.29. The molecule has 26 heavy (non-hydrogen) atoms. The summed E-state index contributed by atoms with van der Waals surface area (Å²) in [5, 5.41) is 29.6. The van der Waals surface area contributed by atoms with E-state index in [4.69, 9.17) is 17.0 Å². The molecule has 0 aliphatic rings. The smallest absolute Gasteiger partial charge is 0.337 e. The molecule has 0 spiro atoms. The first-order valence-corrected chi connectivity index (χ1v) is 7.76. The van der Waals surface area contributed by atoms with E-state index in [2.05, 4.69) is 11.9 Å². The number of carboxylic acids is 1. The number of nitrogens with one attached hydrogen (secondary N) is 2. The quantitative estimate of drug-likeness (QED) is 0.345. The van der Waals surface area contributed by atoms with Crippen molar-refractivity contribution in [3.8, 4) is 0 Å². The number of aromatic carboxylic acids is 1. The molecule has 0 aliphatic carbocycles. The van der Waals surface area contributed by atoms with Crippen LogP contribution in [0.15, 0.2) is 67.0 Å². The minimum atomic E-state index is -1.22. The van der Waals surface area contributed by atoms with Crippen molar-refractivity contribution in [2.45, 2.75) is 0 Å². The molecule has 0 aromatic heterocycles. The number of benzene rings is 2. The van der Waals surface area contributed by atoms with Crippen LogP contribution in [0.2, 0.25) is 5.02 Å². The number of hydrogen-bond donors (Lipinski definition) is 4. The highest BCUT2D eigenvalue weighted by Gasteiger charge is 2.15. The summed E-state index contributed by atoms with van der Waals surface area (Å²) in [5.74, 6) is -2.07. The molecule has 2 aromatic carbocycles. The highest BCUT2D eigenvalue weighted by atomic mass is 35.5. The lowest BCUT2D eigenvalue weighted by atomic mass is 10.0. The molecule has 0 fully saturated rings. The van der Waals surface area contributed by atoms with Crippen LogP contribution in [-0.4, -0.2) is 27.8 Å². The third-order valence-electron chi connectivity index (χ3n) is 3.41. The second-order valence-electron chi connectivity index (χ2n) is 5.19. The van der Waals surface area contributed by atoms with Gasteiger partial charge in [0.1, 0.15) is 11.5 Å². The summed E-state index contributed by atoms with van der Waals surface area (Å²) in [7, 11) is 0. The molecule has 0 radical (unpaired) electrons. The number of rotatable bonds is 6. The highest BCUT2D eigenvalue weighted by Crippen LogP contribution is 2.22. The lowest BCUT2D eigenvalue weighted by Crippen LogP contribution is -2.15. The molecule has 0 saturated heterocycles. The zero-order chi connectivity index (χ0) is 19.3. The first-order valence-electron chi connectivity index (χ1n) is 7.38. The van der Waals surface area contributed by atoms with E-state index in [0.29, 0.717) is 5.56 Å². The van der Waals surface area contributed by atoms with Crippen molar-refractivity contribution in [1.82, 2.24) is 0 Å². The van der Waals surface area contributed by atoms with Crippen molar-refractivity contribution < 1.29 is 19.8 Å². The van der Waals surface area contributed by atoms with Gasteiger partial charge in [-0.05, 0) is 36.4 Å². The van der Waals surface area contributed by atoms with Crippen molar-refractivity contribution in [2.75, 3.05) is 5.32 Å².